The van der Waals surface area contributed by atoms with Crippen LogP contribution in [0.15, 0.2) is 48.5 Å². The number of nitrogens with one attached hydrogen (secondary N) is 1. The van der Waals surface area contributed by atoms with Gasteiger partial charge in [0.25, 0.3) is 0 Å². The third-order valence-electron chi connectivity index (χ3n) is 3.57. The molecule has 0 heterocycles. The molecule has 0 aliphatic carbocycles. The van der Waals surface area contributed by atoms with Gasteiger partial charge in [0, 0.05) is 12.6 Å². The van der Waals surface area contributed by atoms with Gasteiger partial charge in [-0.05, 0) is 30.5 Å². The number of carbonyl (C=O) groups is 1. The van der Waals surface area contributed by atoms with Crippen molar-refractivity contribution in [2.75, 3.05) is 0 Å². The van der Waals surface area contributed by atoms with Crippen molar-refractivity contribution in [3.63, 3.8) is 0 Å². The van der Waals surface area contributed by atoms with Crippen molar-refractivity contribution in [2.45, 2.75) is 32.9 Å². The van der Waals surface area contributed by atoms with Crippen LogP contribution in [0.2, 0.25) is 0 Å². The molecular formula is C18H21NO2. The molecule has 3 nitrogen and oxygen atoms in total. The molecule has 2 rings (SSSR count). The Kier molecular flexibility index (Phi) is 5.12. The quantitative estimate of drug-likeness (QED) is 0.853. The Morgan fingerprint density at radius 1 is 1.05 bits per heavy atom. The maximum atomic E-state index is 10.6. The van der Waals surface area contributed by atoms with E-state index < -0.39 is 5.97 Å². The Hall–Kier alpha value is -2.13. The van der Waals surface area contributed by atoms with Crippen LogP contribution in [0.25, 0.3) is 0 Å². The number of aryl methyl sites for hydroxylation is 1. The molecule has 0 spiro atoms. The Bertz CT molecular complexity index is 588. The first kappa shape index (κ1) is 15.3. The Morgan fingerprint density at radius 3 is 2.19 bits per heavy atom. The maximum Gasteiger partial charge on any atom is 0.307 e. The van der Waals surface area contributed by atoms with E-state index in [0.717, 1.165) is 17.7 Å². The van der Waals surface area contributed by atoms with Crippen molar-refractivity contribution in [2.24, 2.45) is 0 Å². The highest BCUT2D eigenvalue weighted by Gasteiger charge is 2.05. The van der Waals surface area contributed by atoms with Gasteiger partial charge in [-0.2, -0.15) is 0 Å². The van der Waals surface area contributed by atoms with E-state index in [4.69, 9.17) is 5.11 Å². The van der Waals surface area contributed by atoms with E-state index in [1.807, 2.05) is 24.3 Å². The molecule has 1 atom stereocenters. The third-order valence-corrected chi connectivity index (χ3v) is 3.57. The van der Waals surface area contributed by atoms with Crippen LogP contribution >= 0.6 is 0 Å². The summed E-state index contributed by atoms with van der Waals surface area (Å²) < 4.78 is 0. The molecule has 0 aromatic heterocycles. The van der Waals surface area contributed by atoms with Gasteiger partial charge in [-0.15, -0.1) is 0 Å². The number of carboxylic acid groups (broad SMARTS) is 1. The molecule has 0 aliphatic rings. The summed E-state index contributed by atoms with van der Waals surface area (Å²) in [5, 5.41) is 12.2. The molecule has 0 radical (unpaired) electrons. The molecular weight excluding hydrogens is 262 g/mol. The van der Waals surface area contributed by atoms with Crippen LogP contribution in [0.3, 0.4) is 0 Å². The number of benzene rings is 2. The molecule has 0 bridgehead atoms. The van der Waals surface area contributed by atoms with Crippen LogP contribution in [0.4, 0.5) is 0 Å². The van der Waals surface area contributed by atoms with E-state index in [0.29, 0.717) is 0 Å². The summed E-state index contributed by atoms with van der Waals surface area (Å²) in [6, 6.07) is 16.5. The molecule has 21 heavy (non-hydrogen) atoms. The molecule has 2 aromatic rings. The highest BCUT2D eigenvalue weighted by atomic mass is 16.4. The lowest BCUT2D eigenvalue weighted by Gasteiger charge is -2.14. The number of hydrogen-bond acceptors (Lipinski definition) is 2. The minimum absolute atomic E-state index is 0.0769. The van der Waals surface area contributed by atoms with Crippen LogP contribution in [0, 0.1) is 6.92 Å². The van der Waals surface area contributed by atoms with Gasteiger partial charge in [-0.3, -0.25) is 4.79 Å². The Morgan fingerprint density at radius 2 is 1.62 bits per heavy atom. The topological polar surface area (TPSA) is 49.3 Å². The van der Waals surface area contributed by atoms with E-state index in [9.17, 15) is 4.79 Å². The standard InChI is InChI=1S/C18H21NO2/c1-13-3-9-17(10-4-13)14(2)19-12-16-7-5-15(6-8-16)11-18(20)21/h3-10,14,19H,11-12H2,1-2H3,(H,20,21). The zero-order chi connectivity index (χ0) is 15.2. The largest absolute Gasteiger partial charge is 0.481 e. The summed E-state index contributed by atoms with van der Waals surface area (Å²) in [4.78, 5) is 10.6. The predicted octanol–water partition coefficient (Wildman–Crippen LogP) is 3.47. The third kappa shape index (κ3) is 4.72. The van der Waals surface area contributed by atoms with Gasteiger partial charge >= 0.3 is 5.97 Å². The number of hydrogen-bond donors (Lipinski definition) is 2. The van der Waals surface area contributed by atoms with Crippen molar-refractivity contribution >= 4 is 5.97 Å². The lowest BCUT2D eigenvalue weighted by Crippen LogP contribution is -2.18. The highest BCUT2D eigenvalue weighted by Crippen LogP contribution is 2.14. The first-order valence-corrected chi connectivity index (χ1v) is 7.14. The van der Waals surface area contributed by atoms with Crippen molar-refractivity contribution < 1.29 is 9.90 Å². The zero-order valence-corrected chi connectivity index (χ0v) is 12.5. The summed E-state index contributed by atoms with van der Waals surface area (Å²) in [7, 11) is 0. The van der Waals surface area contributed by atoms with Gasteiger partial charge in [0.05, 0.1) is 6.42 Å². The minimum Gasteiger partial charge on any atom is -0.481 e. The average molecular weight is 283 g/mol. The van der Waals surface area contributed by atoms with Gasteiger partial charge in [0.1, 0.15) is 0 Å². The molecule has 3 heteroatoms. The first-order valence-electron chi connectivity index (χ1n) is 7.14. The smallest absolute Gasteiger partial charge is 0.307 e. The molecule has 0 saturated carbocycles. The molecule has 0 fully saturated rings. The Balaban J connectivity index is 1.90. The summed E-state index contributed by atoms with van der Waals surface area (Å²) in [5.74, 6) is -0.797. The van der Waals surface area contributed by atoms with Crippen molar-refractivity contribution in [3.05, 3.63) is 70.8 Å². The number of carboxylic acids is 1. The summed E-state index contributed by atoms with van der Waals surface area (Å²) in [6.45, 7) is 4.99. The summed E-state index contributed by atoms with van der Waals surface area (Å²) in [6.07, 6.45) is 0.0769. The Labute approximate surface area is 125 Å². The predicted molar refractivity (Wildman–Crippen MR) is 84.2 cm³/mol. The van der Waals surface area contributed by atoms with Gasteiger partial charge in [-0.25, -0.2) is 0 Å². The van der Waals surface area contributed by atoms with Crippen molar-refractivity contribution in [1.29, 1.82) is 0 Å². The second-order valence-corrected chi connectivity index (χ2v) is 5.40. The van der Waals surface area contributed by atoms with Crippen molar-refractivity contribution in [3.8, 4) is 0 Å². The van der Waals surface area contributed by atoms with Gasteiger partial charge in [0.15, 0.2) is 0 Å². The van der Waals surface area contributed by atoms with Crippen molar-refractivity contribution in [1.82, 2.24) is 5.32 Å². The SMILES string of the molecule is Cc1ccc(C(C)NCc2ccc(CC(=O)O)cc2)cc1. The molecule has 110 valence electrons. The number of aliphatic carboxylic acids is 1. The lowest BCUT2D eigenvalue weighted by atomic mass is 10.1. The minimum atomic E-state index is -0.797. The van der Waals surface area contributed by atoms with E-state index in [-0.39, 0.29) is 12.5 Å². The van der Waals surface area contributed by atoms with Gasteiger partial charge < -0.3 is 10.4 Å². The molecule has 0 amide bonds. The van der Waals surface area contributed by atoms with Gasteiger partial charge in [0.2, 0.25) is 0 Å². The molecule has 0 saturated heterocycles. The fourth-order valence-corrected chi connectivity index (χ4v) is 2.19. The van der Waals surface area contributed by atoms with E-state index in [2.05, 4.69) is 43.4 Å². The zero-order valence-electron chi connectivity index (χ0n) is 12.5. The molecule has 0 aliphatic heterocycles. The average Bonchev–Trinajstić information content (AvgIpc) is 2.46. The molecule has 2 aromatic carbocycles. The van der Waals surface area contributed by atoms with Crippen LogP contribution < -0.4 is 5.32 Å². The number of rotatable bonds is 6. The van der Waals surface area contributed by atoms with Crippen LogP contribution in [-0.4, -0.2) is 11.1 Å². The molecule has 1 unspecified atom stereocenters. The fourth-order valence-electron chi connectivity index (χ4n) is 2.19. The van der Waals surface area contributed by atoms with E-state index in [1.165, 1.54) is 11.1 Å². The van der Waals surface area contributed by atoms with Crippen LogP contribution in [0.1, 0.15) is 35.2 Å². The van der Waals surface area contributed by atoms with E-state index in [1.54, 1.807) is 0 Å². The summed E-state index contributed by atoms with van der Waals surface area (Å²) >= 11 is 0. The van der Waals surface area contributed by atoms with E-state index >= 15 is 0 Å². The fraction of sp³-hybridized carbons (Fsp3) is 0.278. The second-order valence-electron chi connectivity index (χ2n) is 5.40. The highest BCUT2D eigenvalue weighted by molar-refractivity contribution is 5.70. The lowest BCUT2D eigenvalue weighted by molar-refractivity contribution is -0.136. The maximum absolute atomic E-state index is 10.6. The normalized spacial score (nSPS) is 12.1. The monoisotopic (exact) mass is 283 g/mol. The second kappa shape index (κ2) is 7.04. The summed E-state index contributed by atoms with van der Waals surface area (Å²) in [5.41, 5.74) is 4.52. The molecule has 2 N–H and O–H groups in total. The van der Waals surface area contributed by atoms with Crippen LogP contribution in [-0.2, 0) is 17.8 Å². The first-order chi connectivity index (χ1) is 10.0. The van der Waals surface area contributed by atoms with Gasteiger partial charge in [-0.1, -0.05) is 54.1 Å². The van der Waals surface area contributed by atoms with Crippen LogP contribution in [0.5, 0.6) is 0 Å².